The third kappa shape index (κ3) is 8.40. The summed E-state index contributed by atoms with van der Waals surface area (Å²) in [6, 6.07) is 0. The van der Waals surface area contributed by atoms with Crippen molar-refractivity contribution in [3.8, 4) is 0 Å². The van der Waals surface area contributed by atoms with E-state index in [1.165, 1.54) is 41.6 Å². The summed E-state index contributed by atoms with van der Waals surface area (Å²) in [7, 11) is 0. The first-order chi connectivity index (χ1) is 14.1. The molecule has 1 aliphatic carbocycles. The Morgan fingerprint density at radius 2 is 1.53 bits per heavy atom. The highest BCUT2D eigenvalue weighted by atomic mass is 16.1. The summed E-state index contributed by atoms with van der Waals surface area (Å²) in [4.78, 5) is 11.1. The number of rotatable bonds is 11. The van der Waals surface area contributed by atoms with E-state index in [4.69, 9.17) is 0 Å². The Labute approximate surface area is 187 Å². The first kappa shape index (κ1) is 26.7. The number of carbonyl (C=O) groups is 1. The van der Waals surface area contributed by atoms with E-state index in [1.807, 2.05) is 0 Å². The van der Waals surface area contributed by atoms with Crippen molar-refractivity contribution in [1.82, 2.24) is 0 Å². The normalized spacial score (nSPS) is 25.3. The zero-order valence-corrected chi connectivity index (χ0v) is 21.2. The predicted molar refractivity (Wildman–Crippen MR) is 134 cm³/mol. The van der Waals surface area contributed by atoms with E-state index >= 15 is 0 Å². The second-order valence-corrected chi connectivity index (χ2v) is 10.4. The maximum atomic E-state index is 11.1. The molecule has 170 valence electrons. The van der Waals surface area contributed by atoms with Gasteiger partial charge in [-0.3, -0.25) is 0 Å². The van der Waals surface area contributed by atoms with E-state index in [1.54, 1.807) is 5.57 Å². The van der Waals surface area contributed by atoms with Crippen LogP contribution in [0.5, 0.6) is 0 Å². The maximum absolute atomic E-state index is 11.1. The van der Waals surface area contributed by atoms with E-state index in [0.29, 0.717) is 18.3 Å². The lowest BCUT2D eigenvalue weighted by Gasteiger charge is -2.48. The van der Waals surface area contributed by atoms with Gasteiger partial charge in [-0.2, -0.15) is 0 Å². The van der Waals surface area contributed by atoms with Crippen LogP contribution in [0.25, 0.3) is 0 Å². The molecule has 0 aliphatic heterocycles. The van der Waals surface area contributed by atoms with Crippen LogP contribution in [-0.2, 0) is 4.79 Å². The summed E-state index contributed by atoms with van der Waals surface area (Å²) in [5, 5.41) is 0. The molecule has 0 bridgehead atoms. The fraction of sp³-hybridized carbons (Fsp3) is 0.690. The van der Waals surface area contributed by atoms with Crippen molar-refractivity contribution in [3.63, 3.8) is 0 Å². The molecule has 0 unspecified atom stereocenters. The summed E-state index contributed by atoms with van der Waals surface area (Å²) in [5.74, 6) is 1.23. The van der Waals surface area contributed by atoms with Crippen LogP contribution >= 0.6 is 0 Å². The number of aldehydes is 1. The number of hydrogen-bond donors (Lipinski definition) is 0. The van der Waals surface area contributed by atoms with Crippen molar-refractivity contribution in [3.05, 3.63) is 46.1 Å². The molecule has 1 rings (SSSR count). The average Bonchev–Trinajstić information content (AvgIpc) is 2.67. The largest absolute Gasteiger partial charge is 0.303 e. The fourth-order valence-corrected chi connectivity index (χ4v) is 5.03. The first-order valence-electron chi connectivity index (χ1n) is 12.2. The molecule has 0 amide bonds. The zero-order valence-electron chi connectivity index (χ0n) is 21.2. The minimum absolute atomic E-state index is 0.255. The van der Waals surface area contributed by atoms with Crippen molar-refractivity contribution in [2.45, 2.75) is 113 Å². The third-order valence-electron chi connectivity index (χ3n) is 7.42. The van der Waals surface area contributed by atoms with E-state index in [0.717, 1.165) is 38.4 Å². The van der Waals surface area contributed by atoms with Crippen LogP contribution in [0.4, 0.5) is 0 Å². The molecule has 1 aliphatic rings. The molecule has 0 aromatic carbocycles. The summed E-state index contributed by atoms with van der Waals surface area (Å²) in [6.45, 7) is 18.3. The highest BCUT2D eigenvalue weighted by Gasteiger charge is 2.43. The maximum Gasteiger partial charge on any atom is 0.120 e. The Kier molecular flexibility index (Phi) is 11.7. The highest BCUT2D eigenvalue weighted by Crippen LogP contribution is 2.52. The van der Waals surface area contributed by atoms with Gasteiger partial charge >= 0.3 is 0 Å². The van der Waals surface area contributed by atoms with E-state index < -0.39 is 0 Å². The first-order valence-corrected chi connectivity index (χ1v) is 12.2. The van der Waals surface area contributed by atoms with Crippen LogP contribution < -0.4 is 0 Å². The van der Waals surface area contributed by atoms with Crippen LogP contribution in [0.15, 0.2) is 46.1 Å². The Balaban J connectivity index is 2.78. The summed E-state index contributed by atoms with van der Waals surface area (Å²) < 4.78 is 0. The molecule has 0 N–H and O–H groups in total. The summed E-state index contributed by atoms with van der Waals surface area (Å²) in [5.41, 5.74) is 7.78. The fourth-order valence-electron chi connectivity index (χ4n) is 5.03. The van der Waals surface area contributed by atoms with Crippen LogP contribution in [0.3, 0.4) is 0 Å². The lowest BCUT2D eigenvalue weighted by atomic mass is 9.56. The molecule has 0 radical (unpaired) electrons. The SMILES string of the molecule is CC(C)=CCC/C(C)=C/CC/C(C)=C/C[C@]1(C)[C@H](C)CCC(=C(C)C)[C@H]1CCC=O. The number of carbonyl (C=O) groups excluding carboxylic acids is 1. The highest BCUT2D eigenvalue weighted by molar-refractivity contribution is 5.49. The van der Waals surface area contributed by atoms with Gasteiger partial charge in [0.15, 0.2) is 0 Å². The minimum Gasteiger partial charge on any atom is -0.303 e. The Morgan fingerprint density at radius 1 is 0.933 bits per heavy atom. The van der Waals surface area contributed by atoms with Gasteiger partial charge in [-0.05, 0) is 110 Å². The Bertz CT molecular complexity index is 664. The van der Waals surface area contributed by atoms with E-state index in [9.17, 15) is 4.79 Å². The van der Waals surface area contributed by atoms with E-state index in [2.05, 4.69) is 73.6 Å². The van der Waals surface area contributed by atoms with Crippen molar-refractivity contribution in [2.75, 3.05) is 0 Å². The predicted octanol–water partition coefficient (Wildman–Crippen LogP) is 9.16. The molecule has 0 saturated heterocycles. The third-order valence-corrected chi connectivity index (χ3v) is 7.42. The van der Waals surface area contributed by atoms with Crippen molar-refractivity contribution < 1.29 is 4.79 Å². The quantitative estimate of drug-likeness (QED) is 0.244. The standard InChI is InChI=1S/C29H48O/c1-22(2)12-9-13-24(5)14-10-15-25(6)19-20-29(8)26(7)17-18-27(23(3)4)28(29)16-11-21-30/h12,14,19,21,26,28H,9-11,13,15-18,20H2,1-8H3/b24-14+,25-19+/t26-,28-,29-/m1/s1. The smallest absolute Gasteiger partial charge is 0.120 e. The molecule has 1 fully saturated rings. The monoisotopic (exact) mass is 412 g/mol. The minimum atomic E-state index is 0.255. The van der Waals surface area contributed by atoms with Crippen molar-refractivity contribution >= 4 is 6.29 Å². The second kappa shape index (κ2) is 13.1. The molecule has 1 heteroatoms. The zero-order chi connectivity index (χ0) is 22.7. The van der Waals surface area contributed by atoms with Gasteiger partial charge < -0.3 is 4.79 Å². The van der Waals surface area contributed by atoms with Gasteiger partial charge in [0.05, 0.1) is 0 Å². The Hall–Kier alpha value is -1.37. The van der Waals surface area contributed by atoms with Crippen molar-refractivity contribution in [2.24, 2.45) is 17.3 Å². The number of hydrogen-bond acceptors (Lipinski definition) is 1. The van der Waals surface area contributed by atoms with Gasteiger partial charge in [-0.15, -0.1) is 0 Å². The van der Waals surface area contributed by atoms with Crippen LogP contribution in [-0.4, -0.2) is 6.29 Å². The lowest BCUT2D eigenvalue weighted by molar-refractivity contribution is -0.108. The van der Waals surface area contributed by atoms with E-state index in [-0.39, 0.29) is 5.41 Å². The molecule has 0 aromatic heterocycles. The topological polar surface area (TPSA) is 17.1 Å². The molecule has 3 atom stereocenters. The van der Waals surface area contributed by atoms with Gasteiger partial charge in [0, 0.05) is 6.42 Å². The second-order valence-electron chi connectivity index (χ2n) is 10.4. The average molecular weight is 413 g/mol. The molecule has 1 nitrogen and oxygen atoms in total. The van der Waals surface area contributed by atoms with Gasteiger partial charge in [-0.25, -0.2) is 0 Å². The van der Waals surface area contributed by atoms with Gasteiger partial charge in [0.2, 0.25) is 0 Å². The Morgan fingerprint density at radius 3 is 2.10 bits per heavy atom. The van der Waals surface area contributed by atoms with Crippen LogP contribution in [0.1, 0.15) is 113 Å². The molecular weight excluding hydrogens is 364 g/mol. The molecular formula is C29H48O. The lowest BCUT2D eigenvalue weighted by Crippen LogP contribution is -2.39. The molecule has 1 saturated carbocycles. The van der Waals surface area contributed by atoms with Crippen molar-refractivity contribution in [1.29, 1.82) is 0 Å². The molecule has 0 spiro atoms. The summed E-state index contributed by atoms with van der Waals surface area (Å²) >= 11 is 0. The van der Waals surface area contributed by atoms with Crippen LogP contribution in [0, 0.1) is 17.3 Å². The molecule has 0 aromatic rings. The summed E-state index contributed by atoms with van der Waals surface area (Å²) in [6.07, 6.45) is 18.3. The number of allylic oxidation sites excluding steroid dienone is 8. The van der Waals surface area contributed by atoms with Crippen LogP contribution in [0.2, 0.25) is 0 Å². The van der Waals surface area contributed by atoms with Gasteiger partial charge in [-0.1, -0.05) is 59.9 Å². The van der Waals surface area contributed by atoms with Gasteiger partial charge in [0.25, 0.3) is 0 Å². The van der Waals surface area contributed by atoms with Gasteiger partial charge in [0.1, 0.15) is 6.29 Å². The molecule has 0 heterocycles. The molecule has 30 heavy (non-hydrogen) atoms.